The van der Waals surface area contributed by atoms with E-state index in [9.17, 15) is 24.3 Å². The fourth-order valence-corrected chi connectivity index (χ4v) is 2.94. The van der Waals surface area contributed by atoms with E-state index in [-0.39, 0.29) is 29.1 Å². The molecule has 2 unspecified atom stereocenters. The second kappa shape index (κ2) is 12.9. The van der Waals surface area contributed by atoms with E-state index >= 15 is 0 Å². The maximum atomic E-state index is 13.0. The quantitative estimate of drug-likeness (QED) is 0.269. The lowest BCUT2D eigenvalue weighted by Crippen LogP contribution is -2.49. The second-order valence-electron chi connectivity index (χ2n) is 8.57. The van der Waals surface area contributed by atoms with E-state index in [1.54, 1.807) is 36.4 Å². The van der Waals surface area contributed by atoms with Crippen LogP contribution in [0, 0.1) is 0 Å². The molecule has 0 bridgehead atoms. The van der Waals surface area contributed by atoms with Crippen LogP contribution in [0.3, 0.4) is 0 Å². The number of hydrogen-bond donors (Lipinski definition) is 2. The molecule has 9 nitrogen and oxygen atoms in total. The second-order valence-corrected chi connectivity index (χ2v) is 8.87. The molecule has 0 saturated heterocycles. The summed E-state index contributed by atoms with van der Waals surface area (Å²) in [6.07, 6.45) is -5.14. The molecule has 0 aliphatic heterocycles. The van der Waals surface area contributed by atoms with Crippen LogP contribution in [0.5, 0.6) is 0 Å². The molecule has 2 N–H and O–H groups in total. The molecule has 35 heavy (non-hydrogen) atoms. The number of halogens is 1. The lowest BCUT2D eigenvalue weighted by molar-refractivity contribution is -0.173. The van der Waals surface area contributed by atoms with Crippen molar-refractivity contribution in [1.29, 1.82) is 0 Å². The lowest BCUT2D eigenvalue weighted by atomic mass is 10.1. The monoisotopic (exact) mass is 505 g/mol. The van der Waals surface area contributed by atoms with E-state index in [1.807, 2.05) is 20.8 Å². The molecule has 3 atom stereocenters. The lowest BCUT2D eigenvalue weighted by Gasteiger charge is -2.27. The zero-order chi connectivity index (χ0) is 26.0. The predicted molar refractivity (Wildman–Crippen MR) is 127 cm³/mol. The Morgan fingerprint density at radius 2 is 1.29 bits per heavy atom. The summed E-state index contributed by atoms with van der Waals surface area (Å²) in [6, 6.07) is 15.2. The molecule has 2 aromatic carbocycles. The third-order valence-corrected chi connectivity index (χ3v) is 4.90. The van der Waals surface area contributed by atoms with Crippen LogP contribution >= 0.6 is 11.6 Å². The van der Waals surface area contributed by atoms with Gasteiger partial charge in [-0.15, -0.1) is 11.6 Å². The molecule has 188 valence electrons. The highest BCUT2D eigenvalue weighted by Gasteiger charge is 2.43. The van der Waals surface area contributed by atoms with Gasteiger partial charge in [0.15, 0.2) is 0 Å². The summed E-state index contributed by atoms with van der Waals surface area (Å²) >= 11 is 5.93. The third-order valence-electron chi connectivity index (χ3n) is 4.55. The van der Waals surface area contributed by atoms with Crippen molar-refractivity contribution in [2.45, 2.75) is 44.6 Å². The van der Waals surface area contributed by atoms with Crippen molar-refractivity contribution < 1.29 is 38.5 Å². The molecule has 0 amide bonds. The predicted octanol–water partition coefficient (Wildman–Crippen LogP) is 3.06. The van der Waals surface area contributed by atoms with E-state index in [1.165, 1.54) is 24.3 Å². The van der Waals surface area contributed by atoms with E-state index in [0.717, 1.165) is 0 Å². The first-order valence-corrected chi connectivity index (χ1v) is 11.3. The van der Waals surface area contributed by atoms with Crippen LogP contribution in [0.4, 0.5) is 0 Å². The summed E-state index contributed by atoms with van der Waals surface area (Å²) in [5, 5.41) is 12.9. The Morgan fingerprint density at radius 1 is 0.829 bits per heavy atom. The van der Waals surface area contributed by atoms with Crippen molar-refractivity contribution in [1.82, 2.24) is 5.32 Å². The summed E-state index contributed by atoms with van der Waals surface area (Å²) in [6.45, 7) is 5.84. The number of carboxylic acid groups (broad SMARTS) is 1. The van der Waals surface area contributed by atoms with Crippen molar-refractivity contribution in [3.8, 4) is 0 Å². The van der Waals surface area contributed by atoms with Crippen molar-refractivity contribution in [2.75, 3.05) is 12.4 Å². The maximum absolute atomic E-state index is 13.0. The number of benzene rings is 2. The number of carbonyl (C=O) groups is 4. The molecule has 10 heteroatoms. The SMILES string of the molecule is CC(C)(C)NC[C@@H](CCl)OC(=O)C(OC(=O)c1ccccc1)C(OC(=O)c1ccccc1)C(=O)O. The number of hydrogen-bond acceptors (Lipinski definition) is 8. The molecular formula is C25H28ClNO8. The van der Waals surface area contributed by atoms with Gasteiger partial charge in [-0.05, 0) is 45.0 Å². The normalized spacial score (nSPS) is 13.7. The topological polar surface area (TPSA) is 128 Å². The van der Waals surface area contributed by atoms with Gasteiger partial charge in [0.1, 0.15) is 6.10 Å². The van der Waals surface area contributed by atoms with Gasteiger partial charge in [-0.1, -0.05) is 36.4 Å². The Hall–Kier alpha value is -3.43. The van der Waals surface area contributed by atoms with Gasteiger partial charge in [-0.2, -0.15) is 0 Å². The minimum atomic E-state index is -2.17. The average molecular weight is 506 g/mol. The first-order valence-electron chi connectivity index (χ1n) is 10.8. The van der Waals surface area contributed by atoms with Crippen LogP contribution in [-0.4, -0.2) is 65.3 Å². The highest BCUT2D eigenvalue weighted by molar-refractivity contribution is 6.18. The third kappa shape index (κ3) is 9.03. The number of nitrogens with one attached hydrogen (secondary N) is 1. The van der Waals surface area contributed by atoms with Crippen LogP contribution in [0.2, 0.25) is 0 Å². The fraction of sp³-hybridized carbons (Fsp3) is 0.360. The van der Waals surface area contributed by atoms with Gasteiger partial charge in [0.25, 0.3) is 0 Å². The molecule has 0 fully saturated rings. The van der Waals surface area contributed by atoms with Crippen LogP contribution in [0.1, 0.15) is 41.5 Å². The Morgan fingerprint density at radius 3 is 1.69 bits per heavy atom. The Balaban J connectivity index is 2.30. The zero-order valence-corrected chi connectivity index (χ0v) is 20.4. The van der Waals surface area contributed by atoms with Crippen molar-refractivity contribution >= 4 is 35.5 Å². The number of ether oxygens (including phenoxy) is 3. The van der Waals surface area contributed by atoms with Gasteiger partial charge < -0.3 is 24.6 Å². The molecule has 0 aromatic heterocycles. The van der Waals surface area contributed by atoms with E-state index in [4.69, 9.17) is 25.8 Å². The van der Waals surface area contributed by atoms with Gasteiger partial charge in [-0.3, -0.25) is 0 Å². The van der Waals surface area contributed by atoms with E-state index in [0.29, 0.717) is 0 Å². The van der Waals surface area contributed by atoms with E-state index < -0.39 is 42.2 Å². The Labute approximate surface area is 208 Å². The van der Waals surface area contributed by atoms with Crippen molar-refractivity contribution in [3.05, 3.63) is 71.8 Å². The smallest absolute Gasteiger partial charge is 0.352 e. The highest BCUT2D eigenvalue weighted by atomic mass is 35.5. The molecule has 0 aliphatic carbocycles. The first-order chi connectivity index (χ1) is 16.5. The summed E-state index contributed by atoms with van der Waals surface area (Å²) in [4.78, 5) is 50.2. The number of esters is 3. The summed E-state index contributed by atoms with van der Waals surface area (Å²) < 4.78 is 15.6. The minimum Gasteiger partial charge on any atom is -0.478 e. The highest BCUT2D eigenvalue weighted by Crippen LogP contribution is 2.16. The molecule has 0 spiro atoms. The van der Waals surface area contributed by atoms with Gasteiger partial charge in [0.2, 0.25) is 12.2 Å². The number of carboxylic acids is 1. The largest absolute Gasteiger partial charge is 0.478 e. The van der Waals surface area contributed by atoms with Gasteiger partial charge in [0, 0.05) is 12.1 Å². The summed E-state index contributed by atoms with van der Waals surface area (Å²) in [5.74, 6) is -5.05. The van der Waals surface area contributed by atoms with Gasteiger partial charge >= 0.3 is 23.9 Å². The number of alkyl halides is 1. The summed E-state index contributed by atoms with van der Waals surface area (Å²) in [5.41, 5.74) is -0.203. The maximum Gasteiger partial charge on any atom is 0.352 e. The Bertz CT molecular complexity index is 1010. The average Bonchev–Trinajstić information content (AvgIpc) is 2.83. The standard InChI is InChI=1S/C25H28ClNO8/c1-25(2,3)27-15-18(14-26)33-24(32)20(35-23(31)17-12-8-5-9-13-17)19(21(28)29)34-22(30)16-10-6-4-7-11-16/h4-13,18-20,27H,14-15H2,1-3H3,(H,28,29)/t18-,19?,20?/m1/s1. The molecule has 0 aliphatic rings. The van der Waals surface area contributed by atoms with Crippen LogP contribution in [-0.2, 0) is 23.8 Å². The number of aliphatic carboxylic acids is 1. The van der Waals surface area contributed by atoms with E-state index in [2.05, 4.69) is 5.32 Å². The van der Waals surface area contributed by atoms with Gasteiger partial charge in [0.05, 0.1) is 17.0 Å². The molecule has 0 radical (unpaired) electrons. The number of carbonyl (C=O) groups excluding carboxylic acids is 3. The van der Waals surface area contributed by atoms with Crippen molar-refractivity contribution in [3.63, 3.8) is 0 Å². The van der Waals surface area contributed by atoms with Crippen LogP contribution < -0.4 is 5.32 Å². The molecule has 0 heterocycles. The molecule has 2 rings (SSSR count). The van der Waals surface area contributed by atoms with Crippen LogP contribution in [0.25, 0.3) is 0 Å². The zero-order valence-electron chi connectivity index (χ0n) is 19.6. The summed E-state index contributed by atoms with van der Waals surface area (Å²) in [7, 11) is 0. The molecule has 2 aromatic rings. The van der Waals surface area contributed by atoms with Crippen molar-refractivity contribution in [2.24, 2.45) is 0 Å². The van der Waals surface area contributed by atoms with Crippen LogP contribution in [0.15, 0.2) is 60.7 Å². The van der Waals surface area contributed by atoms with Gasteiger partial charge in [-0.25, -0.2) is 19.2 Å². The first kappa shape index (κ1) is 27.8. The Kier molecular flexibility index (Phi) is 10.2. The molecular weight excluding hydrogens is 478 g/mol. The molecule has 0 saturated carbocycles. The minimum absolute atomic E-state index is 0.0493. The fourth-order valence-electron chi connectivity index (χ4n) is 2.77. The number of rotatable bonds is 11.